The Hall–Kier alpha value is -0.765. The Morgan fingerprint density at radius 2 is 2.00 bits per heavy atom. The van der Waals surface area contributed by atoms with Crippen LogP contribution in [0.15, 0.2) is 0 Å². The second kappa shape index (κ2) is 8.02. The Morgan fingerprint density at radius 3 is 2.43 bits per heavy atom. The Balaban J connectivity index is 2.97. The first kappa shape index (κ1) is 18.3. The zero-order valence-electron chi connectivity index (χ0n) is 11.7. The molecule has 1 fully saturated rings. The highest BCUT2D eigenvalue weighted by Gasteiger charge is 2.46. The predicted molar refractivity (Wildman–Crippen MR) is 77.7 cm³/mol. The van der Waals surface area contributed by atoms with Crippen molar-refractivity contribution in [2.24, 2.45) is 11.8 Å². The molecule has 0 aromatic rings. The Morgan fingerprint density at radius 1 is 1.38 bits per heavy atom. The number of rotatable bonds is 7. The van der Waals surface area contributed by atoms with Gasteiger partial charge in [0.05, 0.1) is 18.6 Å². The van der Waals surface area contributed by atoms with Gasteiger partial charge in [-0.25, -0.2) is 11.6 Å². The molecule has 1 aliphatic rings. The Labute approximate surface area is 128 Å². The van der Waals surface area contributed by atoms with Crippen LogP contribution in [0.4, 0.5) is 0 Å². The van der Waals surface area contributed by atoms with Crippen LogP contribution in [0.3, 0.4) is 0 Å². The van der Waals surface area contributed by atoms with Crippen molar-refractivity contribution in [3.8, 4) is 0 Å². The van der Waals surface area contributed by atoms with E-state index >= 15 is 0 Å². The lowest BCUT2D eigenvalue weighted by Gasteiger charge is -2.34. The van der Waals surface area contributed by atoms with E-state index in [2.05, 4.69) is 5.32 Å². The van der Waals surface area contributed by atoms with Crippen LogP contribution in [0.1, 0.15) is 19.8 Å². The van der Waals surface area contributed by atoms with Gasteiger partial charge in [-0.15, -0.1) is 0 Å². The zero-order chi connectivity index (χ0) is 16.2. The van der Waals surface area contributed by atoms with E-state index in [1.54, 1.807) is 0 Å². The molecule has 5 N–H and O–H groups in total. The van der Waals surface area contributed by atoms with Gasteiger partial charge < -0.3 is 25.7 Å². The molecule has 0 heterocycles. The molecule has 118 valence electrons. The fourth-order valence-electron chi connectivity index (χ4n) is 2.87. The number of hydrogen-bond donors (Lipinski definition) is 5. The summed E-state index contributed by atoms with van der Waals surface area (Å²) >= 11 is 0.882. The van der Waals surface area contributed by atoms with Gasteiger partial charge in [0.2, 0.25) is 5.91 Å². The van der Waals surface area contributed by atoms with Crippen LogP contribution in [0.5, 0.6) is 0 Å². The van der Waals surface area contributed by atoms with Crippen molar-refractivity contribution >= 4 is 30.6 Å². The molecule has 0 bridgehead atoms. The standard InChI is InChI=1S/C12H20BNO6S/c1-5(16)14-9(10(18)8(17)4-15)6-2-3-7(12(19)20)11(6)21-13/h6-11,15,17-18H,2-4H2,1H3,(H,14,16)(H,19,20)/t6-,7+,8+,9+,10+,11+/m1/s1. The molecule has 0 unspecified atom stereocenters. The van der Waals surface area contributed by atoms with Crippen LogP contribution in [-0.2, 0) is 9.59 Å². The Bertz CT molecular complexity index is 385. The summed E-state index contributed by atoms with van der Waals surface area (Å²) in [5.74, 6) is -2.45. The van der Waals surface area contributed by atoms with E-state index in [0.717, 1.165) is 11.6 Å². The van der Waals surface area contributed by atoms with Crippen molar-refractivity contribution in [1.82, 2.24) is 5.32 Å². The maximum absolute atomic E-state index is 11.3. The minimum Gasteiger partial charge on any atom is -0.481 e. The van der Waals surface area contributed by atoms with Crippen molar-refractivity contribution < 1.29 is 30.0 Å². The number of aliphatic hydroxyl groups excluding tert-OH is 3. The van der Waals surface area contributed by atoms with Crippen LogP contribution < -0.4 is 5.32 Å². The predicted octanol–water partition coefficient (Wildman–Crippen LogP) is -1.50. The lowest BCUT2D eigenvalue weighted by Crippen LogP contribution is -2.54. The molecule has 1 saturated carbocycles. The summed E-state index contributed by atoms with van der Waals surface area (Å²) in [6.07, 6.45) is -1.99. The minimum atomic E-state index is -1.42. The summed E-state index contributed by atoms with van der Waals surface area (Å²) < 4.78 is 0. The molecule has 9 heteroatoms. The van der Waals surface area contributed by atoms with E-state index in [1.165, 1.54) is 6.92 Å². The van der Waals surface area contributed by atoms with Gasteiger partial charge in [0.15, 0.2) is 7.12 Å². The third-order valence-electron chi connectivity index (χ3n) is 3.88. The number of carboxylic acid groups (broad SMARTS) is 1. The molecule has 7 nitrogen and oxygen atoms in total. The SMILES string of the molecule is [B]S[C@H]1[C@@H]([C@H](NC(C)=O)[C@@H](O)[C@@H](O)CO)CC[C@@H]1C(=O)O. The number of carbonyl (C=O) groups excluding carboxylic acids is 1. The van der Waals surface area contributed by atoms with Crippen LogP contribution in [-0.4, -0.2) is 69.5 Å². The normalized spacial score (nSPS) is 29.6. The second-order valence-electron chi connectivity index (χ2n) is 5.25. The summed E-state index contributed by atoms with van der Waals surface area (Å²) in [6.45, 7) is 0.603. The van der Waals surface area contributed by atoms with E-state index < -0.39 is 53.8 Å². The molecule has 0 aromatic heterocycles. The second-order valence-corrected chi connectivity index (χ2v) is 6.07. The number of hydrogen-bond acceptors (Lipinski definition) is 6. The topological polar surface area (TPSA) is 127 Å². The van der Waals surface area contributed by atoms with E-state index in [4.69, 9.17) is 12.2 Å². The average molecular weight is 317 g/mol. The first-order valence-corrected chi connectivity index (χ1v) is 7.60. The lowest BCUT2D eigenvalue weighted by molar-refractivity contribution is -0.141. The van der Waals surface area contributed by atoms with Gasteiger partial charge in [-0.05, 0) is 18.8 Å². The molecule has 0 aliphatic heterocycles. The number of aliphatic hydroxyl groups is 3. The monoisotopic (exact) mass is 317 g/mol. The third-order valence-corrected chi connectivity index (χ3v) is 4.88. The molecule has 1 amide bonds. The van der Waals surface area contributed by atoms with E-state index in [9.17, 15) is 24.9 Å². The van der Waals surface area contributed by atoms with Crippen molar-refractivity contribution in [2.45, 2.75) is 43.3 Å². The highest BCUT2D eigenvalue weighted by Crippen LogP contribution is 2.41. The maximum Gasteiger partial charge on any atom is 0.307 e. The van der Waals surface area contributed by atoms with Crippen molar-refractivity contribution in [1.29, 1.82) is 0 Å². The molecular formula is C12H20BNO6S. The van der Waals surface area contributed by atoms with Crippen molar-refractivity contribution in [3.05, 3.63) is 0 Å². The number of aliphatic carboxylic acids is 1. The summed E-state index contributed by atoms with van der Waals surface area (Å²) in [4.78, 5) is 22.5. The lowest BCUT2D eigenvalue weighted by atomic mass is 9.89. The number of carbonyl (C=O) groups is 2. The maximum atomic E-state index is 11.3. The highest BCUT2D eigenvalue weighted by molar-refractivity contribution is 8.20. The number of carboxylic acids is 1. The molecule has 0 spiro atoms. The highest BCUT2D eigenvalue weighted by atomic mass is 32.2. The van der Waals surface area contributed by atoms with Gasteiger partial charge in [-0.3, -0.25) is 9.59 Å². The molecule has 1 rings (SSSR count). The molecule has 0 aromatic carbocycles. The van der Waals surface area contributed by atoms with Gasteiger partial charge in [-0.1, -0.05) is 0 Å². The number of nitrogens with one attached hydrogen (secondary N) is 1. The van der Waals surface area contributed by atoms with Crippen molar-refractivity contribution in [2.75, 3.05) is 6.61 Å². The van der Waals surface area contributed by atoms with Gasteiger partial charge in [-0.2, -0.15) is 0 Å². The molecule has 0 saturated heterocycles. The Kier molecular flexibility index (Phi) is 6.99. The van der Waals surface area contributed by atoms with Gasteiger partial charge >= 0.3 is 5.97 Å². The molecule has 21 heavy (non-hydrogen) atoms. The minimum absolute atomic E-state index is 0.382. The van der Waals surface area contributed by atoms with Crippen LogP contribution in [0.25, 0.3) is 0 Å². The largest absolute Gasteiger partial charge is 0.481 e. The summed E-state index contributed by atoms with van der Waals surface area (Å²) in [5.41, 5.74) is 0. The van der Waals surface area contributed by atoms with E-state index in [1.807, 2.05) is 0 Å². The van der Waals surface area contributed by atoms with Crippen molar-refractivity contribution in [3.63, 3.8) is 0 Å². The number of amides is 1. The van der Waals surface area contributed by atoms with Gasteiger partial charge in [0.1, 0.15) is 12.2 Å². The molecule has 2 radical (unpaired) electrons. The van der Waals surface area contributed by atoms with Crippen LogP contribution in [0.2, 0.25) is 0 Å². The average Bonchev–Trinajstić information content (AvgIpc) is 2.86. The fraction of sp³-hybridized carbons (Fsp3) is 0.833. The smallest absolute Gasteiger partial charge is 0.307 e. The molecule has 1 aliphatic carbocycles. The summed E-state index contributed by atoms with van der Waals surface area (Å²) in [6, 6.07) is -0.866. The van der Waals surface area contributed by atoms with Crippen LogP contribution in [0, 0.1) is 11.8 Å². The van der Waals surface area contributed by atoms with Gasteiger partial charge in [0, 0.05) is 12.2 Å². The molecular weight excluding hydrogens is 297 g/mol. The quantitative estimate of drug-likeness (QED) is 0.362. The summed E-state index contributed by atoms with van der Waals surface area (Å²) in [5, 5.41) is 39.9. The van der Waals surface area contributed by atoms with Gasteiger partial charge in [0.25, 0.3) is 0 Å². The van der Waals surface area contributed by atoms with E-state index in [-0.39, 0.29) is 0 Å². The first-order chi connectivity index (χ1) is 9.83. The fourth-order valence-corrected chi connectivity index (χ4v) is 3.82. The third kappa shape index (κ3) is 4.35. The zero-order valence-corrected chi connectivity index (χ0v) is 12.5. The van der Waals surface area contributed by atoms with Crippen LogP contribution >= 0.6 is 11.6 Å². The molecule has 6 atom stereocenters. The summed E-state index contributed by atoms with van der Waals surface area (Å²) in [7, 11) is 5.58. The first-order valence-electron chi connectivity index (χ1n) is 6.65. The van der Waals surface area contributed by atoms with E-state index in [0.29, 0.717) is 12.8 Å².